The molecule has 0 saturated carbocycles. The molecule has 1 amide bonds. The third kappa shape index (κ3) is 4.85. The van der Waals surface area contributed by atoms with Gasteiger partial charge in [-0.05, 0) is 42.7 Å². The molecule has 2 heterocycles. The third-order valence-electron chi connectivity index (χ3n) is 4.72. The van der Waals surface area contributed by atoms with Crippen LogP contribution in [-0.2, 0) is 4.79 Å². The summed E-state index contributed by atoms with van der Waals surface area (Å²) in [5.74, 6) is 0.739. The first-order valence-corrected chi connectivity index (χ1v) is 9.31. The summed E-state index contributed by atoms with van der Waals surface area (Å²) in [6, 6.07) is 15.3. The van der Waals surface area contributed by atoms with E-state index in [0.717, 1.165) is 29.8 Å². The van der Waals surface area contributed by atoms with E-state index in [1.807, 2.05) is 24.3 Å². The maximum Gasteiger partial charge on any atom is 0.237 e. The number of nitrogens with zero attached hydrogens (tertiary/aromatic N) is 4. The molecular formula is C21H22N6O. The number of nitrogens with one attached hydrogen (secondary N) is 2. The number of benzene rings is 1. The van der Waals surface area contributed by atoms with Crippen LogP contribution in [0.4, 0.5) is 5.82 Å². The molecule has 0 aliphatic carbocycles. The zero-order valence-electron chi connectivity index (χ0n) is 15.6. The lowest BCUT2D eigenvalue weighted by Gasteiger charge is -2.19. The van der Waals surface area contributed by atoms with Crippen LogP contribution in [0.5, 0.6) is 0 Å². The molecule has 7 heteroatoms. The van der Waals surface area contributed by atoms with E-state index >= 15 is 0 Å². The van der Waals surface area contributed by atoms with Crippen LogP contribution in [0, 0.1) is 22.7 Å². The van der Waals surface area contributed by atoms with Gasteiger partial charge in [0.1, 0.15) is 11.9 Å². The smallest absolute Gasteiger partial charge is 0.237 e. The van der Waals surface area contributed by atoms with Crippen LogP contribution in [0.25, 0.3) is 11.1 Å². The Morgan fingerprint density at radius 3 is 2.61 bits per heavy atom. The summed E-state index contributed by atoms with van der Waals surface area (Å²) in [6.45, 7) is 2.17. The third-order valence-corrected chi connectivity index (χ3v) is 4.72. The van der Waals surface area contributed by atoms with Crippen molar-refractivity contribution in [1.82, 2.24) is 15.2 Å². The molecule has 1 aliphatic rings. The molecule has 142 valence electrons. The second kappa shape index (κ2) is 9.50. The number of anilines is 1. The first kappa shape index (κ1) is 19.3. The highest BCUT2D eigenvalue weighted by molar-refractivity contribution is 5.79. The fraction of sp³-hybridized carbons (Fsp3) is 0.333. The van der Waals surface area contributed by atoms with Gasteiger partial charge < -0.3 is 15.5 Å². The molecule has 1 aromatic heterocycles. The average molecular weight is 374 g/mol. The van der Waals surface area contributed by atoms with Gasteiger partial charge in [0.25, 0.3) is 0 Å². The van der Waals surface area contributed by atoms with E-state index in [-0.39, 0.29) is 18.5 Å². The SMILES string of the molecule is N#Cc1ccc(-c2ccc(NCCNCC(=O)N3CCCC3C#N)nc2)cc1. The summed E-state index contributed by atoms with van der Waals surface area (Å²) in [7, 11) is 0. The summed E-state index contributed by atoms with van der Waals surface area (Å²) >= 11 is 0. The number of rotatable bonds is 7. The second-order valence-corrected chi connectivity index (χ2v) is 6.60. The van der Waals surface area contributed by atoms with Gasteiger partial charge >= 0.3 is 0 Å². The van der Waals surface area contributed by atoms with Crippen LogP contribution < -0.4 is 10.6 Å². The van der Waals surface area contributed by atoms with Gasteiger partial charge in [0.05, 0.1) is 24.2 Å². The van der Waals surface area contributed by atoms with Crippen molar-refractivity contribution < 1.29 is 4.79 Å². The minimum absolute atomic E-state index is 0.0195. The topological polar surface area (TPSA) is 105 Å². The van der Waals surface area contributed by atoms with E-state index < -0.39 is 0 Å². The number of carbonyl (C=O) groups excluding carboxylic acids is 1. The lowest BCUT2D eigenvalue weighted by molar-refractivity contribution is -0.130. The number of nitriles is 2. The standard InChI is InChI=1S/C21H22N6O/c22-12-16-3-5-17(6-4-16)18-7-8-20(26-14-18)25-10-9-24-15-21(28)27-11-1-2-19(27)13-23/h3-8,14,19,24H,1-2,9-11,15H2,(H,25,26). The molecule has 28 heavy (non-hydrogen) atoms. The normalized spacial score (nSPS) is 15.6. The van der Waals surface area contributed by atoms with Crippen LogP contribution in [0.15, 0.2) is 42.6 Å². The predicted octanol–water partition coefficient (Wildman–Crippen LogP) is 2.14. The van der Waals surface area contributed by atoms with Gasteiger partial charge in [-0.15, -0.1) is 0 Å². The van der Waals surface area contributed by atoms with Crippen LogP contribution in [0.3, 0.4) is 0 Å². The first-order chi connectivity index (χ1) is 13.7. The molecule has 1 atom stereocenters. The Morgan fingerprint density at radius 2 is 1.93 bits per heavy atom. The Morgan fingerprint density at radius 1 is 1.14 bits per heavy atom. The van der Waals surface area contributed by atoms with Gasteiger partial charge in [0, 0.05) is 31.4 Å². The quantitative estimate of drug-likeness (QED) is 0.720. The summed E-state index contributed by atoms with van der Waals surface area (Å²) in [5, 5.41) is 24.2. The van der Waals surface area contributed by atoms with Crippen molar-refractivity contribution in [3.05, 3.63) is 48.2 Å². The molecule has 2 aromatic rings. The molecule has 1 fully saturated rings. The second-order valence-electron chi connectivity index (χ2n) is 6.60. The highest BCUT2D eigenvalue weighted by atomic mass is 16.2. The summed E-state index contributed by atoms with van der Waals surface area (Å²) in [4.78, 5) is 18.2. The van der Waals surface area contributed by atoms with Gasteiger partial charge in [0.2, 0.25) is 5.91 Å². The van der Waals surface area contributed by atoms with E-state index in [2.05, 4.69) is 27.8 Å². The number of carbonyl (C=O) groups is 1. The lowest BCUT2D eigenvalue weighted by atomic mass is 10.1. The van der Waals surface area contributed by atoms with E-state index in [0.29, 0.717) is 25.2 Å². The predicted molar refractivity (Wildman–Crippen MR) is 106 cm³/mol. The largest absolute Gasteiger partial charge is 0.369 e. The van der Waals surface area contributed by atoms with Gasteiger partial charge in [-0.1, -0.05) is 12.1 Å². The maximum absolute atomic E-state index is 12.1. The van der Waals surface area contributed by atoms with E-state index in [9.17, 15) is 4.79 Å². The molecule has 7 nitrogen and oxygen atoms in total. The molecule has 0 bridgehead atoms. The van der Waals surface area contributed by atoms with Crippen LogP contribution >= 0.6 is 0 Å². The Bertz CT molecular complexity index is 879. The molecule has 0 radical (unpaired) electrons. The monoisotopic (exact) mass is 374 g/mol. The average Bonchev–Trinajstić information content (AvgIpc) is 3.23. The van der Waals surface area contributed by atoms with Crippen LogP contribution in [0.2, 0.25) is 0 Å². The highest BCUT2D eigenvalue weighted by Gasteiger charge is 2.27. The number of likely N-dealkylation sites (tertiary alicyclic amines) is 1. The number of hydrogen-bond acceptors (Lipinski definition) is 6. The molecule has 2 N–H and O–H groups in total. The lowest BCUT2D eigenvalue weighted by Crippen LogP contribution is -2.41. The molecule has 1 aromatic carbocycles. The molecule has 0 spiro atoms. The zero-order valence-corrected chi connectivity index (χ0v) is 15.6. The fourth-order valence-corrected chi connectivity index (χ4v) is 3.18. The van der Waals surface area contributed by atoms with Crippen molar-refractivity contribution >= 4 is 11.7 Å². The van der Waals surface area contributed by atoms with Crippen molar-refractivity contribution in [2.45, 2.75) is 18.9 Å². The maximum atomic E-state index is 12.1. The molecule has 1 unspecified atom stereocenters. The Kier molecular flexibility index (Phi) is 6.56. The summed E-state index contributed by atoms with van der Waals surface area (Å²) < 4.78 is 0. The molecular weight excluding hydrogens is 352 g/mol. The van der Waals surface area contributed by atoms with Crippen LogP contribution in [0.1, 0.15) is 18.4 Å². The molecule has 3 rings (SSSR count). The van der Waals surface area contributed by atoms with E-state index in [4.69, 9.17) is 10.5 Å². The minimum atomic E-state index is -0.272. The fourth-order valence-electron chi connectivity index (χ4n) is 3.18. The van der Waals surface area contributed by atoms with Crippen molar-refractivity contribution in [3.63, 3.8) is 0 Å². The van der Waals surface area contributed by atoms with Crippen LogP contribution in [-0.4, -0.2) is 48.0 Å². The molecule has 1 saturated heterocycles. The highest BCUT2D eigenvalue weighted by Crippen LogP contribution is 2.20. The van der Waals surface area contributed by atoms with Gasteiger partial charge in [-0.2, -0.15) is 10.5 Å². The van der Waals surface area contributed by atoms with Gasteiger partial charge in [0.15, 0.2) is 0 Å². The summed E-state index contributed by atoms with van der Waals surface area (Å²) in [5.41, 5.74) is 2.63. The zero-order chi connectivity index (χ0) is 19.8. The van der Waals surface area contributed by atoms with E-state index in [1.54, 1.807) is 23.2 Å². The van der Waals surface area contributed by atoms with Crippen molar-refractivity contribution in [2.24, 2.45) is 0 Å². The Balaban J connectivity index is 1.40. The number of amides is 1. The van der Waals surface area contributed by atoms with Crippen molar-refractivity contribution in [3.8, 4) is 23.3 Å². The Labute approximate surface area is 164 Å². The first-order valence-electron chi connectivity index (χ1n) is 9.31. The van der Waals surface area contributed by atoms with Crippen molar-refractivity contribution in [2.75, 3.05) is 31.5 Å². The minimum Gasteiger partial charge on any atom is -0.369 e. The summed E-state index contributed by atoms with van der Waals surface area (Å²) in [6.07, 6.45) is 3.46. The van der Waals surface area contributed by atoms with E-state index in [1.165, 1.54) is 0 Å². The number of pyridine rings is 1. The van der Waals surface area contributed by atoms with Crippen molar-refractivity contribution in [1.29, 1.82) is 10.5 Å². The Hall–Kier alpha value is -3.42. The number of hydrogen-bond donors (Lipinski definition) is 2. The molecule has 1 aliphatic heterocycles. The van der Waals surface area contributed by atoms with Gasteiger partial charge in [-0.25, -0.2) is 4.98 Å². The van der Waals surface area contributed by atoms with Gasteiger partial charge in [-0.3, -0.25) is 4.79 Å². The number of aromatic nitrogens is 1.